The molecule has 0 heterocycles. The van der Waals surface area contributed by atoms with E-state index in [-0.39, 0.29) is 17.5 Å². The van der Waals surface area contributed by atoms with Crippen molar-refractivity contribution in [2.75, 3.05) is 5.32 Å². The molecular formula is C13H16F3N3O. The van der Waals surface area contributed by atoms with E-state index in [0.717, 1.165) is 0 Å². The second kappa shape index (κ2) is 6.31. The molecule has 1 aromatic rings. The van der Waals surface area contributed by atoms with E-state index in [9.17, 15) is 13.2 Å². The molecule has 0 radical (unpaired) electrons. The van der Waals surface area contributed by atoms with Crippen LogP contribution in [0.3, 0.4) is 0 Å². The van der Waals surface area contributed by atoms with Crippen LogP contribution in [-0.2, 0) is 0 Å². The Morgan fingerprint density at radius 2 is 1.85 bits per heavy atom. The van der Waals surface area contributed by atoms with E-state index in [2.05, 4.69) is 10.1 Å². The summed E-state index contributed by atoms with van der Waals surface area (Å²) in [7, 11) is 0. The van der Waals surface area contributed by atoms with Gasteiger partial charge in [0.2, 0.25) is 0 Å². The van der Waals surface area contributed by atoms with Crippen LogP contribution in [0.1, 0.15) is 13.8 Å². The standard InChI is InChI=1S/C13H16F3N3O/c1-8(2)11(17)7-12(18)19-9-3-5-10(6-4-9)20-13(14,15)16/h3-8,17,19H,18H2,1-2H3/b12-7-,17-11?. The highest BCUT2D eigenvalue weighted by molar-refractivity contribution is 5.94. The molecule has 0 aliphatic carbocycles. The van der Waals surface area contributed by atoms with Gasteiger partial charge in [0, 0.05) is 11.4 Å². The molecule has 110 valence electrons. The Morgan fingerprint density at radius 1 is 1.30 bits per heavy atom. The molecule has 0 aliphatic heterocycles. The van der Waals surface area contributed by atoms with Gasteiger partial charge in [-0.3, -0.25) is 0 Å². The Morgan fingerprint density at radius 3 is 2.30 bits per heavy atom. The number of ether oxygens (including phenoxy) is 1. The summed E-state index contributed by atoms with van der Waals surface area (Å²) >= 11 is 0. The van der Waals surface area contributed by atoms with E-state index in [1.807, 2.05) is 13.8 Å². The topological polar surface area (TPSA) is 71.1 Å². The van der Waals surface area contributed by atoms with Gasteiger partial charge in [-0.15, -0.1) is 13.2 Å². The van der Waals surface area contributed by atoms with Crippen LogP contribution in [-0.4, -0.2) is 12.1 Å². The second-order valence-corrected chi connectivity index (χ2v) is 4.41. The summed E-state index contributed by atoms with van der Waals surface area (Å²) in [6.07, 6.45) is -3.25. The Bertz CT molecular complexity index is 493. The van der Waals surface area contributed by atoms with Crippen molar-refractivity contribution in [1.82, 2.24) is 0 Å². The third-order valence-corrected chi connectivity index (χ3v) is 2.31. The number of rotatable bonds is 5. The summed E-state index contributed by atoms with van der Waals surface area (Å²) < 4.78 is 39.7. The summed E-state index contributed by atoms with van der Waals surface area (Å²) in [4.78, 5) is 0. The third-order valence-electron chi connectivity index (χ3n) is 2.31. The van der Waals surface area contributed by atoms with Crippen LogP contribution in [0.15, 0.2) is 36.2 Å². The van der Waals surface area contributed by atoms with Crippen molar-refractivity contribution in [1.29, 1.82) is 5.41 Å². The fourth-order valence-corrected chi connectivity index (χ4v) is 1.28. The minimum absolute atomic E-state index is 0.0397. The van der Waals surface area contributed by atoms with Crippen LogP contribution in [0, 0.1) is 11.3 Å². The van der Waals surface area contributed by atoms with Crippen molar-refractivity contribution in [2.24, 2.45) is 11.7 Å². The van der Waals surface area contributed by atoms with Crippen LogP contribution in [0.25, 0.3) is 0 Å². The summed E-state index contributed by atoms with van der Waals surface area (Å²) in [6, 6.07) is 5.16. The van der Waals surface area contributed by atoms with Crippen molar-refractivity contribution >= 4 is 11.4 Å². The van der Waals surface area contributed by atoms with E-state index in [4.69, 9.17) is 11.1 Å². The maximum Gasteiger partial charge on any atom is 0.573 e. The highest BCUT2D eigenvalue weighted by atomic mass is 19.4. The molecule has 7 heteroatoms. The first-order chi connectivity index (χ1) is 9.17. The molecule has 0 bridgehead atoms. The van der Waals surface area contributed by atoms with Gasteiger partial charge in [0.25, 0.3) is 0 Å². The van der Waals surface area contributed by atoms with Gasteiger partial charge in [-0.25, -0.2) is 0 Å². The number of allylic oxidation sites excluding steroid dienone is 1. The molecule has 0 saturated heterocycles. The molecule has 0 saturated carbocycles. The average Bonchev–Trinajstić information content (AvgIpc) is 2.29. The van der Waals surface area contributed by atoms with Crippen LogP contribution < -0.4 is 15.8 Å². The zero-order valence-corrected chi connectivity index (χ0v) is 11.1. The minimum Gasteiger partial charge on any atom is -0.406 e. The zero-order chi connectivity index (χ0) is 15.3. The Labute approximate surface area is 114 Å². The van der Waals surface area contributed by atoms with Crippen molar-refractivity contribution in [3.63, 3.8) is 0 Å². The van der Waals surface area contributed by atoms with E-state index in [0.29, 0.717) is 11.4 Å². The van der Waals surface area contributed by atoms with Crippen LogP contribution in [0.5, 0.6) is 5.75 Å². The second-order valence-electron chi connectivity index (χ2n) is 4.41. The van der Waals surface area contributed by atoms with Crippen molar-refractivity contribution in [3.8, 4) is 5.75 Å². The average molecular weight is 287 g/mol. The summed E-state index contributed by atoms with van der Waals surface area (Å²) in [5, 5.41) is 10.4. The van der Waals surface area contributed by atoms with Crippen molar-refractivity contribution < 1.29 is 17.9 Å². The lowest BCUT2D eigenvalue weighted by Gasteiger charge is -2.11. The van der Waals surface area contributed by atoms with Gasteiger partial charge in [-0.2, -0.15) is 0 Å². The molecule has 20 heavy (non-hydrogen) atoms. The third kappa shape index (κ3) is 5.64. The maximum absolute atomic E-state index is 12.0. The predicted octanol–water partition coefficient (Wildman–Crippen LogP) is 3.47. The molecule has 0 aliphatic rings. The van der Waals surface area contributed by atoms with E-state index in [1.165, 1.54) is 30.3 Å². The molecule has 0 atom stereocenters. The smallest absolute Gasteiger partial charge is 0.406 e. The molecule has 0 fully saturated rings. The largest absolute Gasteiger partial charge is 0.573 e. The number of anilines is 1. The fraction of sp³-hybridized carbons (Fsp3) is 0.308. The van der Waals surface area contributed by atoms with Crippen LogP contribution >= 0.6 is 0 Å². The van der Waals surface area contributed by atoms with E-state index in [1.54, 1.807) is 0 Å². The van der Waals surface area contributed by atoms with Crippen LogP contribution in [0.4, 0.5) is 18.9 Å². The quantitative estimate of drug-likeness (QED) is 0.726. The molecule has 4 N–H and O–H groups in total. The first kappa shape index (κ1) is 15.9. The van der Waals surface area contributed by atoms with Gasteiger partial charge in [-0.1, -0.05) is 13.8 Å². The van der Waals surface area contributed by atoms with Crippen LogP contribution in [0.2, 0.25) is 0 Å². The first-order valence-electron chi connectivity index (χ1n) is 5.86. The monoisotopic (exact) mass is 287 g/mol. The normalized spacial score (nSPS) is 12.4. The van der Waals surface area contributed by atoms with Gasteiger partial charge in [0.15, 0.2) is 0 Å². The molecule has 0 spiro atoms. The number of nitrogens with two attached hydrogens (primary N) is 1. The molecular weight excluding hydrogens is 271 g/mol. The molecule has 0 amide bonds. The highest BCUT2D eigenvalue weighted by Gasteiger charge is 2.30. The minimum atomic E-state index is -4.71. The first-order valence-corrected chi connectivity index (χ1v) is 5.86. The maximum atomic E-state index is 12.0. The lowest BCUT2D eigenvalue weighted by molar-refractivity contribution is -0.274. The molecule has 4 nitrogen and oxygen atoms in total. The lowest BCUT2D eigenvalue weighted by Crippen LogP contribution is -2.17. The number of hydrogen-bond acceptors (Lipinski definition) is 4. The van der Waals surface area contributed by atoms with Gasteiger partial charge < -0.3 is 21.2 Å². The zero-order valence-electron chi connectivity index (χ0n) is 11.1. The van der Waals surface area contributed by atoms with Gasteiger partial charge in [0.1, 0.15) is 11.6 Å². The van der Waals surface area contributed by atoms with Crippen molar-refractivity contribution in [2.45, 2.75) is 20.2 Å². The Kier molecular flexibility index (Phi) is 5.01. The number of nitrogens with one attached hydrogen (secondary N) is 2. The number of benzene rings is 1. The highest BCUT2D eigenvalue weighted by Crippen LogP contribution is 2.24. The summed E-state index contributed by atoms with van der Waals surface area (Å²) in [6.45, 7) is 3.71. The van der Waals surface area contributed by atoms with Gasteiger partial charge in [0.05, 0.1) is 0 Å². The Hall–Kier alpha value is -2.18. The SMILES string of the molecule is CC(C)C(=N)/C=C(/N)Nc1ccc(OC(F)(F)F)cc1. The predicted molar refractivity (Wildman–Crippen MR) is 71.6 cm³/mol. The van der Waals surface area contributed by atoms with Gasteiger partial charge >= 0.3 is 6.36 Å². The van der Waals surface area contributed by atoms with E-state index < -0.39 is 6.36 Å². The summed E-state index contributed by atoms with van der Waals surface area (Å²) in [5.74, 6) is -0.0216. The molecule has 0 unspecified atom stereocenters. The van der Waals surface area contributed by atoms with E-state index >= 15 is 0 Å². The lowest BCUT2D eigenvalue weighted by atomic mass is 10.1. The Balaban J connectivity index is 2.68. The number of hydrogen-bond donors (Lipinski definition) is 3. The molecule has 1 rings (SSSR count). The fourth-order valence-electron chi connectivity index (χ4n) is 1.28. The molecule has 1 aromatic carbocycles. The molecule has 0 aromatic heterocycles. The number of halogens is 3. The summed E-state index contributed by atoms with van der Waals surface area (Å²) in [5.41, 5.74) is 6.54. The number of alkyl halides is 3. The van der Waals surface area contributed by atoms with Gasteiger partial charge in [-0.05, 0) is 36.3 Å². The van der Waals surface area contributed by atoms with Crippen molar-refractivity contribution in [3.05, 3.63) is 36.2 Å².